The van der Waals surface area contributed by atoms with E-state index in [0.717, 1.165) is 12.8 Å². The summed E-state index contributed by atoms with van der Waals surface area (Å²) in [6.07, 6.45) is 2.26. The molecule has 1 heterocycles. The first-order valence-corrected chi connectivity index (χ1v) is 9.17. The van der Waals surface area contributed by atoms with E-state index in [9.17, 15) is 14.4 Å². The zero-order chi connectivity index (χ0) is 18.1. The Kier molecular flexibility index (Phi) is 5.31. The third-order valence-electron chi connectivity index (χ3n) is 4.33. The fraction of sp³-hybridized carbons (Fsp3) is 0.438. The lowest BCUT2D eigenvalue weighted by molar-refractivity contribution is -0.121. The molecule has 3 amide bonds. The molecule has 134 valence electrons. The maximum Gasteiger partial charge on any atom is 0.253 e. The SMILES string of the molecule is CC(NC(=O)c1cc(Cl)cc(Br)c1NC(=O)C1CC(=O)NN1)C1CC1. The van der Waals surface area contributed by atoms with Crippen molar-refractivity contribution >= 4 is 50.9 Å². The molecule has 1 aromatic carbocycles. The summed E-state index contributed by atoms with van der Waals surface area (Å²) < 4.78 is 0.495. The molecule has 3 rings (SSSR count). The lowest BCUT2D eigenvalue weighted by Gasteiger charge is -2.18. The number of hydrazine groups is 1. The van der Waals surface area contributed by atoms with E-state index in [-0.39, 0.29) is 29.8 Å². The number of carbonyl (C=O) groups excluding carboxylic acids is 3. The topological polar surface area (TPSA) is 99.3 Å². The highest BCUT2D eigenvalue weighted by molar-refractivity contribution is 9.10. The Bertz CT molecular complexity index is 738. The first-order valence-electron chi connectivity index (χ1n) is 8.00. The highest BCUT2D eigenvalue weighted by Gasteiger charge is 2.31. The monoisotopic (exact) mass is 428 g/mol. The summed E-state index contributed by atoms with van der Waals surface area (Å²) in [5.74, 6) is -0.465. The summed E-state index contributed by atoms with van der Waals surface area (Å²) in [5, 5.41) is 6.04. The van der Waals surface area contributed by atoms with Gasteiger partial charge in [-0.2, -0.15) is 0 Å². The van der Waals surface area contributed by atoms with E-state index < -0.39 is 11.9 Å². The van der Waals surface area contributed by atoms with Crippen LogP contribution in [0.3, 0.4) is 0 Å². The van der Waals surface area contributed by atoms with Gasteiger partial charge in [-0.05, 0) is 53.7 Å². The highest BCUT2D eigenvalue weighted by Crippen LogP contribution is 2.34. The van der Waals surface area contributed by atoms with Crippen molar-refractivity contribution in [2.75, 3.05) is 5.32 Å². The van der Waals surface area contributed by atoms with Crippen molar-refractivity contribution in [3.8, 4) is 0 Å². The Morgan fingerprint density at radius 3 is 2.68 bits per heavy atom. The Labute approximate surface area is 158 Å². The molecular formula is C16H18BrClN4O3. The number of nitrogens with one attached hydrogen (secondary N) is 4. The van der Waals surface area contributed by atoms with Gasteiger partial charge < -0.3 is 10.6 Å². The van der Waals surface area contributed by atoms with Gasteiger partial charge in [-0.25, -0.2) is 5.43 Å². The van der Waals surface area contributed by atoms with Crippen LogP contribution in [0, 0.1) is 5.92 Å². The van der Waals surface area contributed by atoms with E-state index in [4.69, 9.17) is 11.6 Å². The third kappa shape index (κ3) is 4.31. The summed E-state index contributed by atoms with van der Waals surface area (Å²) >= 11 is 9.41. The molecule has 25 heavy (non-hydrogen) atoms. The van der Waals surface area contributed by atoms with E-state index in [1.807, 2.05) is 6.92 Å². The summed E-state index contributed by atoms with van der Waals surface area (Å²) in [7, 11) is 0. The first-order chi connectivity index (χ1) is 11.8. The summed E-state index contributed by atoms with van der Waals surface area (Å²) in [6.45, 7) is 1.97. The second kappa shape index (κ2) is 7.31. The third-order valence-corrected chi connectivity index (χ3v) is 5.17. The van der Waals surface area contributed by atoms with Gasteiger partial charge in [0.15, 0.2) is 0 Å². The fourth-order valence-corrected chi connectivity index (χ4v) is 3.61. The predicted octanol–water partition coefficient (Wildman–Crippen LogP) is 1.96. The molecule has 7 nitrogen and oxygen atoms in total. The van der Waals surface area contributed by atoms with E-state index in [1.54, 1.807) is 6.07 Å². The van der Waals surface area contributed by atoms with Crippen LogP contribution < -0.4 is 21.5 Å². The quantitative estimate of drug-likeness (QED) is 0.575. The van der Waals surface area contributed by atoms with Gasteiger partial charge in [0.25, 0.3) is 5.91 Å². The number of hydrogen-bond acceptors (Lipinski definition) is 4. The lowest BCUT2D eigenvalue weighted by atomic mass is 10.1. The highest BCUT2D eigenvalue weighted by atomic mass is 79.9. The van der Waals surface area contributed by atoms with E-state index in [2.05, 4.69) is 37.4 Å². The van der Waals surface area contributed by atoms with Crippen molar-refractivity contribution < 1.29 is 14.4 Å². The molecule has 0 radical (unpaired) electrons. The van der Waals surface area contributed by atoms with E-state index in [1.165, 1.54) is 6.07 Å². The Morgan fingerprint density at radius 2 is 2.08 bits per heavy atom. The van der Waals surface area contributed by atoms with Crippen molar-refractivity contribution in [1.82, 2.24) is 16.2 Å². The smallest absolute Gasteiger partial charge is 0.253 e. The normalized spacial score (nSPS) is 20.8. The van der Waals surface area contributed by atoms with Crippen LogP contribution in [-0.2, 0) is 9.59 Å². The zero-order valence-electron chi connectivity index (χ0n) is 13.5. The number of halogens is 2. The summed E-state index contributed by atoms with van der Waals surface area (Å²) in [6, 6.07) is 2.48. The molecule has 1 aliphatic heterocycles. The molecule has 2 fully saturated rings. The predicted molar refractivity (Wildman–Crippen MR) is 97.1 cm³/mol. The molecule has 0 bridgehead atoms. The van der Waals surface area contributed by atoms with Gasteiger partial charge in [0, 0.05) is 15.5 Å². The molecule has 0 aromatic heterocycles. The minimum Gasteiger partial charge on any atom is -0.349 e. The molecule has 9 heteroatoms. The first kappa shape index (κ1) is 18.2. The van der Waals surface area contributed by atoms with Crippen LogP contribution in [0.2, 0.25) is 5.02 Å². The van der Waals surface area contributed by atoms with Crippen LogP contribution in [0.1, 0.15) is 36.5 Å². The van der Waals surface area contributed by atoms with Crippen LogP contribution in [0.15, 0.2) is 16.6 Å². The molecule has 2 unspecified atom stereocenters. The zero-order valence-corrected chi connectivity index (χ0v) is 15.8. The molecule has 2 atom stereocenters. The summed E-state index contributed by atoms with van der Waals surface area (Å²) in [4.78, 5) is 36.2. The lowest BCUT2D eigenvalue weighted by Crippen LogP contribution is -2.40. The molecule has 1 aromatic rings. The van der Waals surface area contributed by atoms with Gasteiger partial charge in [0.1, 0.15) is 6.04 Å². The van der Waals surface area contributed by atoms with Crippen LogP contribution >= 0.6 is 27.5 Å². The number of anilines is 1. The van der Waals surface area contributed by atoms with Crippen LogP contribution in [0.25, 0.3) is 0 Å². The average molecular weight is 430 g/mol. The van der Waals surface area contributed by atoms with Gasteiger partial charge in [-0.3, -0.25) is 19.8 Å². The van der Waals surface area contributed by atoms with Crippen molar-refractivity contribution in [3.05, 3.63) is 27.2 Å². The molecule has 4 N–H and O–H groups in total. The summed E-state index contributed by atoms with van der Waals surface area (Å²) in [5.41, 5.74) is 5.59. The molecule has 1 saturated heterocycles. The van der Waals surface area contributed by atoms with Gasteiger partial charge in [0.05, 0.1) is 17.7 Å². The second-order valence-corrected chi connectivity index (χ2v) is 7.64. The minimum atomic E-state index is -0.698. The molecule has 1 aliphatic carbocycles. The molecule has 0 spiro atoms. The average Bonchev–Trinajstić information content (AvgIpc) is 3.31. The standard InChI is InChI=1S/C16H18BrClN4O3/c1-7(8-2-3-8)19-15(24)10-4-9(18)5-11(17)14(10)20-16(25)12-6-13(23)22-21-12/h4-5,7-8,12,21H,2-3,6H2,1H3,(H,19,24)(H,20,25)(H,22,23). The Hall–Kier alpha value is -1.64. The number of benzene rings is 1. The van der Waals surface area contributed by atoms with Gasteiger partial charge in [-0.15, -0.1) is 0 Å². The van der Waals surface area contributed by atoms with Crippen molar-refractivity contribution in [1.29, 1.82) is 0 Å². The van der Waals surface area contributed by atoms with Crippen LogP contribution in [0.4, 0.5) is 5.69 Å². The fourth-order valence-electron chi connectivity index (χ4n) is 2.70. The van der Waals surface area contributed by atoms with Gasteiger partial charge in [0.2, 0.25) is 11.8 Å². The minimum absolute atomic E-state index is 0.0390. The van der Waals surface area contributed by atoms with Crippen LogP contribution in [0.5, 0.6) is 0 Å². The number of amides is 3. The van der Waals surface area contributed by atoms with Gasteiger partial charge >= 0.3 is 0 Å². The van der Waals surface area contributed by atoms with Crippen molar-refractivity contribution in [3.63, 3.8) is 0 Å². The van der Waals surface area contributed by atoms with Gasteiger partial charge in [-0.1, -0.05) is 11.6 Å². The Morgan fingerprint density at radius 1 is 1.36 bits per heavy atom. The maximum atomic E-state index is 12.6. The molecule has 1 saturated carbocycles. The number of hydrogen-bond donors (Lipinski definition) is 4. The number of rotatable bonds is 5. The molecule has 2 aliphatic rings. The van der Waals surface area contributed by atoms with Crippen molar-refractivity contribution in [2.45, 2.75) is 38.3 Å². The maximum absolute atomic E-state index is 12.6. The molecular weight excluding hydrogens is 412 g/mol. The van der Waals surface area contributed by atoms with Crippen molar-refractivity contribution in [2.24, 2.45) is 5.92 Å². The van der Waals surface area contributed by atoms with E-state index in [0.29, 0.717) is 21.1 Å². The van der Waals surface area contributed by atoms with E-state index >= 15 is 0 Å². The second-order valence-electron chi connectivity index (χ2n) is 6.35. The number of carbonyl (C=O) groups is 3. The largest absolute Gasteiger partial charge is 0.349 e. The van der Waals surface area contributed by atoms with Crippen LogP contribution in [-0.4, -0.2) is 29.8 Å². The Balaban J connectivity index is 1.80.